The van der Waals surface area contributed by atoms with E-state index in [1.165, 1.54) is 0 Å². The van der Waals surface area contributed by atoms with E-state index in [1.807, 2.05) is 43.4 Å². The summed E-state index contributed by atoms with van der Waals surface area (Å²) in [6, 6.07) is 49.5. The van der Waals surface area contributed by atoms with Gasteiger partial charge in [-0.1, -0.05) is 30.3 Å². The maximum Gasteiger partial charge on any atom is 0.204 e. The molecule has 0 spiro atoms. The van der Waals surface area contributed by atoms with Gasteiger partial charge in [-0.25, -0.2) is 20.0 Å². The first-order chi connectivity index (χ1) is 24.7. The van der Waals surface area contributed by atoms with E-state index < -0.39 is 0 Å². The number of nitrogens with zero attached hydrogens (tertiary/aromatic N) is 3. The number of hydrogen-bond acceptors (Lipinski definition) is 4. The third-order valence-corrected chi connectivity index (χ3v) is 8.51. The number of nitrogens with one attached hydrogen (secondary N) is 4. The Morgan fingerprint density at radius 1 is 0.580 bits per heavy atom. The van der Waals surface area contributed by atoms with Gasteiger partial charge in [0.1, 0.15) is 0 Å². The molecule has 1 aliphatic heterocycles. The number of para-hydroxylation sites is 3. The number of aromatic nitrogens is 2. The summed E-state index contributed by atoms with van der Waals surface area (Å²) in [5.74, 6) is 0. The van der Waals surface area contributed by atoms with Gasteiger partial charge in [0.05, 0.1) is 33.5 Å². The van der Waals surface area contributed by atoms with Crippen molar-refractivity contribution in [2.24, 2.45) is 4.99 Å². The van der Waals surface area contributed by atoms with Crippen molar-refractivity contribution in [1.82, 2.24) is 9.55 Å². The van der Waals surface area contributed by atoms with Crippen molar-refractivity contribution >= 4 is 56.6 Å². The van der Waals surface area contributed by atoms with Crippen LogP contribution in [0.25, 0.3) is 28.1 Å². The molecule has 50 heavy (non-hydrogen) atoms. The SMILES string of the molecule is CNc1ccc(Nc2ccc([NH+]=C3C=CC(=[NH+]c4ccc(N=c5ccc6nc7ccccc7n(-c7ccccc7)c-6c5)cc4)C=C3)cc2)cc1. The fourth-order valence-electron chi connectivity index (χ4n) is 5.98. The van der Waals surface area contributed by atoms with Crippen LogP contribution in [0, 0.1) is 0 Å². The van der Waals surface area contributed by atoms with E-state index in [1.54, 1.807) is 0 Å². The summed E-state index contributed by atoms with van der Waals surface area (Å²) < 4.78 is 2.25. The van der Waals surface area contributed by atoms with Gasteiger partial charge in [-0.2, -0.15) is 0 Å². The fourth-order valence-corrected chi connectivity index (χ4v) is 5.98. The van der Waals surface area contributed by atoms with E-state index >= 15 is 0 Å². The molecule has 5 aromatic carbocycles. The number of allylic oxidation sites excluding steroid dienone is 4. The molecule has 0 aromatic heterocycles. The predicted molar refractivity (Wildman–Crippen MR) is 205 cm³/mol. The number of hydrogen-bond donors (Lipinski definition) is 4. The van der Waals surface area contributed by atoms with E-state index in [-0.39, 0.29) is 0 Å². The number of benzene rings is 6. The molecule has 0 atom stereocenters. The van der Waals surface area contributed by atoms with Crippen LogP contribution in [0.4, 0.5) is 34.1 Å². The zero-order valence-corrected chi connectivity index (χ0v) is 27.5. The Labute approximate surface area is 290 Å². The van der Waals surface area contributed by atoms with E-state index in [9.17, 15) is 0 Å². The van der Waals surface area contributed by atoms with Crippen LogP contribution in [0.5, 0.6) is 0 Å². The van der Waals surface area contributed by atoms with Crippen molar-refractivity contribution in [1.29, 1.82) is 0 Å². The Morgan fingerprint density at radius 3 is 1.82 bits per heavy atom. The predicted octanol–water partition coefficient (Wildman–Crippen LogP) is 6.28. The minimum absolute atomic E-state index is 0.869. The Kier molecular flexibility index (Phi) is 8.35. The lowest BCUT2D eigenvalue weighted by atomic mass is 10.1. The lowest BCUT2D eigenvalue weighted by Crippen LogP contribution is -2.68. The van der Waals surface area contributed by atoms with Gasteiger partial charge in [-0.15, -0.1) is 0 Å². The molecule has 240 valence electrons. The van der Waals surface area contributed by atoms with Crippen molar-refractivity contribution in [3.05, 3.63) is 175 Å². The molecule has 2 aliphatic carbocycles. The zero-order chi connectivity index (χ0) is 33.7. The lowest BCUT2D eigenvalue weighted by molar-refractivity contribution is -0.353. The van der Waals surface area contributed by atoms with Gasteiger partial charge in [0, 0.05) is 78.4 Å². The molecule has 8 rings (SSSR count). The fraction of sp³-hybridized carbons (Fsp3) is 0.0233. The Balaban J connectivity index is 0.972. The van der Waals surface area contributed by atoms with E-state index in [4.69, 9.17) is 9.98 Å². The first-order valence-electron chi connectivity index (χ1n) is 16.6. The van der Waals surface area contributed by atoms with Crippen LogP contribution in [-0.2, 0) is 0 Å². The molecule has 1 heterocycles. The molecule has 0 saturated carbocycles. The van der Waals surface area contributed by atoms with Crippen molar-refractivity contribution in [3.8, 4) is 17.1 Å². The summed E-state index contributed by atoms with van der Waals surface area (Å²) in [7, 11) is 1.92. The quantitative estimate of drug-likeness (QED) is 0.121. The second-order valence-corrected chi connectivity index (χ2v) is 12.0. The summed E-state index contributed by atoms with van der Waals surface area (Å²) >= 11 is 0. The maximum atomic E-state index is 4.95. The summed E-state index contributed by atoms with van der Waals surface area (Å²) in [5, 5.41) is 7.45. The highest BCUT2D eigenvalue weighted by atomic mass is 15.0. The maximum absolute atomic E-state index is 4.95. The molecular weight excluding hydrogens is 615 g/mol. The molecular formula is C43H35N7+2. The molecule has 4 N–H and O–H groups in total. The average Bonchev–Trinajstić information content (AvgIpc) is 3.17. The summed E-state index contributed by atoms with van der Waals surface area (Å²) in [6.45, 7) is 0. The first-order valence-corrected chi connectivity index (χ1v) is 16.6. The van der Waals surface area contributed by atoms with Crippen molar-refractivity contribution in [2.45, 2.75) is 0 Å². The summed E-state index contributed by atoms with van der Waals surface area (Å²) in [4.78, 5) is 16.9. The Hall–Kier alpha value is -6.86. The molecule has 7 nitrogen and oxygen atoms in total. The molecule has 0 saturated heterocycles. The molecule has 7 heteroatoms. The van der Waals surface area contributed by atoms with Gasteiger partial charge >= 0.3 is 0 Å². The summed E-state index contributed by atoms with van der Waals surface area (Å²) in [5.41, 5.74) is 13.1. The monoisotopic (exact) mass is 649 g/mol. The van der Waals surface area contributed by atoms with E-state index in [0.717, 1.165) is 79.0 Å². The highest BCUT2D eigenvalue weighted by Gasteiger charge is 2.14. The van der Waals surface area contributed by atoms with Gasteiger partial charge < -0.3 is 15.2 Å². The normalized spacial score (nSPS) is 12.8. The third-order valence-electron chi connectivity index (χ3n) is 8.51. The zero-order valence-electron chi connectivity index (χ0n) is 27.5. The number of rotatable bonds is 7. The number of fused-ring (bicyclic) bond motifs is 2. The van der Waals surface area contributed by atoms with Crippen LogP contribution in [0.3, 0.4) is 0 Å². The third kappa shape index (κ3) is 6.74. The minimum atomic E-state index is 0.869. The van der Waals surface area contributed by atoms with Crippen LogP contribution in [0.2, 0.25) is 0 Å². The highest BCUT2D eigenvalue weighted by Crippen LogP contribution is 2.28. The molecule has 5 aromatic rings. The van der Waals surface area contributed by atoms with Crippen LogP contribution < -0.4 is 26.0 Å². The molecule has 0 unspecified atom stereocenters. The van der Waals surface area contributed by atoms with Gasteiger partial charge in [-0.05, 0) is 91.0 Å². The smallest absolute Gasteiger partial charge is 0.204 e. The van der Waals surface area contributed by atoms with Crippen LogP contribution in [0.15, 0.2) is 175 Å². The van der Waals surface area contributed by atoms with Crippen molar-refractivity contribution in [2.75, 3.05) is 17.7 Å². The molecule has 0 fully saturated rings. The Bertz CT molecular complexity index is 2430. The molecule has 3 aliphatic rings. The Morgan fingerprint density at radius 2 is 1.16 bits per heavy atom. The minimum Gasteiger partial charge on any atom is -0.388 e. The van der Waals surface area contributed by atoms with Gasteiger partial charge in [0.25, 0.3) is 0 Å². The molecule has 0 bridgehead atoms. The second-order valence-electron chi connectivity index (χ2n) is 12.0. The average molecular weight is 650 g/mol. The number of anilines is 3. The molecule has 0 radical (unpaired) electrons. The van der Waals surface area contributed by atoms with Gasteiger partial charge in [0.15, 0.2) is 0 Å². The van der Waals surface area contributed by atoms with Crippen LogP contribution >= 0.6 is 0 Å². The van der Waals surface area contributed by atoms with Gasteiger partial charge in [-0.3, -0.25) is 0 Å². The van der Waals surface area contributed by atoms with Crippen molar-refractivity contribution < 1.29 is 9.98 Å². The highest BCUT2D eigenvalue weighted by molar-refractivity contribution is 6.14. The topological polar surface area (TPSA) is 82.2 Å². The van der Waals surface area contributed by atoms with E-state index in [0.29, 0.717) is 0 Å². The van der Waals surface area contributed by atoms with Gasteiger partial charge in [0.2, 0.25) is 22.8 Å². The van der Waals surface area contributed by atoms with Crippen LogP contribution in [0.1, 0.15) is 0 Å². The molecule has 0 amide bonds. The lowest BCUT2D eigenvalue weighted by Gasteiger charge is -2.18. The summed E-state index contributed by atoms with van der Waals surface area (Å²) in [6.07, 6.45) is 8.28. The second kappa shape index (κ2) is 13.7. The first kappa shape index (κ1) is 30.5. The van der Waals surface area contributed by atoms with E-state index in [2.05, 4.69) is 159 Å². The van der Waals surface area contributed by atoms with Crippen molar-refractivity contribution in [3.63, 3.8) is 0 Å². The largest absolute Gasteiger partial charge is 0.388 e. The standard InChI is InChI=1S/C43H33N7/c1-44-30-11-13-31(14-12-30)45-32-15-17-33(18-16-32)46-34-19-21-35(22-20-34)47-36-23-25-37(26-24-36)48-38-27-28-41-43(29-38)50(39-7-3-2-4-8-39)42-10-6-5-9-40(42)49-41/h2-29,44-45H,1H3/p+2. The van der Waals surface area contributed by atoms with Crippen LogP contribution in [-0.4, -0.2) is 28.0 Å².